The first-order chi connectivity index (χ1) is 12.6. The molecule has 1 aliphatic rings. The highest BCUT2D eigenvalue weighted by atomic mass is 32.2. The first kappa shape index (κ1) is 18.6. The van der Waals surface area contributed by atoms with Crippen LogP contribution in [0.15, 0.2) is 42.6 Å². The van der Waals surface area contributed by atoms with Gasteiger partial charge in [0.15, 0.2) is 9.84 Å². The molecule has 0 radical (unpaired) electrons. The second-order valence-electron chi connectivity index (χ2n) is 6.60. The Morgan fingerprint density at radius 2 is 2.04 bits per heavy atom. The molecule has 26 heavy (non-hydrogen) atoms. The van der Waals surface area contributed by atoms with E-state index in [-0.39, 0.29) is 17.5 Å². The van der Waals surface area contributed by atoms with Gasteiger partial charge in [0.2, 0.25) is 5.95 Å². The van der Waals surface area contributed by atoms with E-state index in [2.05, 4.69) is 39.6 Å². The van der Waals surface area contributed by atoms with Crippen molar-refractivity contribution in [3.8, 4) is 0 Å². The Bertz CT molecular complexity index is 811. The third kappa shape index (κ3) is 4.94. The van der Waals surface area contributed by atoms with Gasteiger partial charge in [0.05, 0.1) is 11.5 Å². The standard InChI is InChI=1S/C19H26N4O2S/c1-2-23(17-11-14-26(24,25)15-17)19-21-13-10-18(22-19)20-12-6-9-16-7-4-3-5-8-16/h3-5,7-8,10,13,17H,2,6,9,11-12,14-15H2,1H3,(H,20,21,22). The maximum Gasteiger partial charge on any atom is 0.227 e. The van der Waals surface area contributed by atoms with Crippen LogP contribution in [-0.2, 0) is 16.3 Å². The zero-order chi connectivity index (χ0) is 18.4. The lowest BCUT2D eigenvalue weighted by atomic mass is 10.1. The fourth-order valence-corrected chi connectivity index (χ4v) is 5.05. The van der Waals surface area contributed by atoms with E-state index in [0.29, 0.717) is 18.9 Å². The summed E-state index contributed by atoms with van der Waals surface area (Å²) in [7, 11) is -2.93. The highest BCUT2D eigenvalue weighted by Gasteiger charge is 2.32. The molecule has 3 rings (SSSR count). The van der Waals surface area contributed by atoms with Crippen LogP contribution in [0.2, 0.25) is 0 Å². The number of benzene rings is 1. The lowest BCUT2D eigenvalue weighted by Crippen LogP contribution is -2.37. The van der Waals surface area contributed by atoms with Crippen molar-refractivity contribution < 1.29 is 8.42 Å². The van der Waals surface area contributed by atoms with Crippen molar-refractivity contribution in [2.75, 3.05) is 34.8 Å². The van der Waals surface area contributed by atoms with Crippen LogP contribution in [0.5, 0.6) is 0 Å². The second kappa shape index (κ2) is 8.49. The van der Waals surface area contributed by atoms with Gasteiger partial charge in [-0.3, -0.25) is 0 Å². The van der Waals surface area contributed by atoms with Crippen molar-refractivity contribution in [1.82, 2.24) is 9.97 Å². The van der Waals surface area contributed by atoms with Gasteiger partial charge in [-0.1, -0.05) is 30.3 Å². The summed E-state index contributed by atoms with van der Waals surface area (Å²) in [6, 6.07) is 12.2. The van der Waals surface area contributed by atoms with Crippen LogP contribution in [-0.4, -0.2) is 49.0 Å². The van der Waals surface area contributed by atoms with Crippen molar-refractivity contribution in [2.45, 2.75) is 32.2 Å². The Balaban J connectivity index is 1.57. The van der Waals surface area contributed by atoms with Crippen LogP contribution < -0.4 is 10.2 Å². The molecule has 1 unspecified atom stereocenters. The van der Waals surface area contributed by atoms with Crippen LogP contribution in [0, 0.1) is 0 Å². The molecular formula is C19H26N4O2S. The maximum atomic E-state index is 11.8. The minimum atomic E-state index is -2.93. The van der Waals surface area contributed by atoms with Gasteiger partial charge < -0.3 is 10.2 Å². The van der Waals surface area contributed by atoms with Crippen molar-refractivity contribution in [3.63, 3.8) is 0 Å². The summed E-state index contributed by atoms with van der Waals surface area (Å²) in [4.78, 5) is 10.9. The fraction of sp³-hybridized carbons (Fsp3) is 0.474. The smallest absolute Gasteiger partial charge is 0.227 e. The molecule has 1 atom stereocenters. The predicted molar refractivity (Wildman–Crippen MR) is 105 cm³/mol. The van der Waals surface area contributed by atoms with Gasteiger partial charge in [-0.15, -0.1) is 0 Å². The Morgan fingerprint density at radius 1 is 1.23 bits per heavy atom. The minimum absolute atomic E-state index is 0.0293. The Labute approximate surface area is 155 Å². The lowest BCUT2D eigenvalue weighted by Gasteiger charge is -2.26. The van der Waals surface area contributed by atoms with Crippen LogP contribution >= 0.6 is 0 Å². The van der Waals surface area contributed by atoms with Crippen molar-refractivity contribution in [2.24, 2.45) is 0 Å². The lowest BCUT2D eigenvalue weighted by molar-refractivity contribution is 0.599. The zero-order valence-corrected chi connectivity index (χ0v) is 16.0. The number of aryl methyl sites for hydroxylation is 1. The summed E-state index contributed by atoms with van der Waals surface area (Å²) in [5.74, 6) is 1.83. The van der Waals surface area contributed by atoms with Crippen LogP contribution in [0.3, 0.4) is 0 Å². The summed E-state index contributed by atoms with van der Waals surface area (Å²) < 4.78 is 23.5. The molecule has 0 bridgehead atoms. The van der Waals surface area contributed by atoms with Gasteiger partial charge in [-0.05, 0) is 37.8 Å². The van der Waals surface area contributed by atoms with Crippen LogP contribution in [0.4, 0.5) is 11.8 Å². The van der Waals surface area contributed by atoms with Gasteiger partial charge in [-0.2, -0.15) is 4.98 Å². The Morgan fingerprint density at radius 3 is 2.73 bits per heavy atom. The molecule has 1 saturated heterocycles. The van der Waals surface area contributed by atoms with Gasteiger partial charge in [0.1, 0.15) is 5.82 Å². The normalized spacial score (nSPS) is 18.6. The third-order valence-corrected chi connectivity index (χ3v) is 6.43. The number of sulfone groups is 1. The fourth-order valence-electron chi connectivity index (χ4n) is 3.32. The SMILES string of the molecule is CCN(c1nccc(NCCCc2ccccc2)n1)C1CCS(=O)(=O)C1. The van der Waals surface area contributed by atoms with E-state index in [1.807, 2.05) is 24.0 Å². The average molecular weight is 375 g/mol. The number of hydrogen-bond donors (Lipinski definition) is 1. The summed E-state index contributed by atoms with van der Waals surface area (Å²) in [6.07, 6.45) is 4.41. The predicted octanol–water partition coefficient (Wildman–Crippen LogP) is 2.53. The molecule has 6 nitrogen and oxygen atoms in total. The van der Waals surface area contributed by atoms with Crippen molar-refractivity contribution in [1.29, 1.82) is 0 Å². The van der Waals surface area contributed by atoms with E-state index >= 15 is 0 Å². The third-order valence-electron chi connectivity index (χ3n) is 4.68. The summed E-state index contributed by atoms with van der Waals surface area (Å²) in [5, 5.41) is 3.35. The molecule has 0 amide bonds. The van der Waals surface area contributed by atoms with Gasteiger partial charge >= 0.3 is 0 Å². The van der Waals surface area contributed by atoms with Gasteiger partial charge in [0.25, 0.3) is 0 Å². The van der Waals surface area contributed by atoms with Crippen LogP contribution in [0.1, 0.15) is 25.3 Å². The van der Waals surface area contributed by atoms with Crippen molar-refractivity contribution in [3.05, 3.63) is 48.2 Å². The molecule has 140 valence electrons. The highest BCUT2D eigenvalue weighted by molar-refractivity contribution is 7.91. The van der Waals surface area contributed by atoms with Crippen molar-refractivity contribution >= 4 is 21.6 Å². The maximum absolute atomic E-state index is 11.8. The summed E-state index contributed by atoms with van der Waals surface area (Å²) >= 11 is 0. The number of nitrogens with one attached hydrogen (secondary N) is 1. The highest BCUT2D eigenvalue weighted by Crippen LogP contribution is 2.22. The summed E-state index contributed by atoms with van der Waals surface area (Å²) in [6.45, 7) is 3.53. The molecule has 7 heteroatoms. The number of aromatic nitrogens is 2. The first-order valence-electron chi connectivity index (χ1n) is 9.15. The van der Waals surface area contributed by atoms with Crippen LogP contribution in [0.25, 0.3) is 0 Å². The molecule has 0 aliphatic carbocycles. The molecule has 1 fully saturated rings. The largest absolute Gasteiger partial charge is 0.370 e. The van der Waals surface area contributed by atoms with E-state index < -0.39 is 9.84 Å². The van der Waals surface area contributed by atoms with Gasteiger partial charge in [0, 0.05) is 25.3 Å². The second-order valence-corrected chi connectivity index (χ2v) is 8.83. The monoisotopic (exact) mass is 374 g/mol. The van der Waals surface area contributed by atoms with E-state index in [0.717, 1.165) is 25.2 Å². The summed E-state index contributed by atoms with van der Waals surface area (Å²) in [5.41, 5.74) is 1.33. The topological polar surface area (TPSA) is 75.2 Å². The van der Waals surface area contributed by atoms with Gasteiger partial charge in [-0.25, -0.2) is 13.4 Å². The average Bonchev–Trinajstić information content (AvgIpc) is 3.00. The van der Waals surface area contributed by atoms with E-state index in [4.69, 9.17) is 0 Å². The van der Waals surface area contributed by atoms with E-state index in [1.54, 1.807) is 6.20 Å². The minimum Gasteiger partial charge on any atom is -0.370 e. The number of rotatable bonds is 8. The zero-order valence-electron chi connectivity index (χ0n) is 15.1. The molecule has 1 N–H and O–H groups in total. The quantitative estimate of drug-likeness (QED) is 0.716. The number of hydrogen-bond acceptors (Lipinski definition) is 6. The van der Waals surface area contributed by atoms with E-state index in [1.165, 1.54) is 5.56 Å². The Hall–Kier alpha value is -2.15. The molecule has 0 spiro atoms. The molecule has 1 aliphatic heterocycles. The molecule has 2 aromatic rings. The molecular weight excluding hydrogens is 348 g/mol. The molecule has 1 aromatic carbocycles. The Kier molecular flexibility index (Phi) is 6.08. The molecule has 1 aromatic heterocycles. The van der Waals surface area contributed by atoms with E-state index in [9.17, 15) is 8.42 Å². The number of nitrogens with zero attached hydrogens (tertiary/aromatic N) is 3. The molecule has 2 heterocycles. The number of anilines is 2. The molecule has 0 saturated carbocycles. The first-order valence-corrected chi connectivity index (χ1v) is 11.0.